The maximum atomic E-state index is 5.50. The fourth-order valence-corrected chi connectivity index (χ4v) is 2.74. The van der Waals surface area contributed by atoms with Crippen molar-refractivity contribution in [2.75, 3.05) is 5.73 Å². The number of thioether (sulfide) groups is 1. The molecule has 0 unspecified atom stereocenters. The van der Waals surface area contributed by atoms with Crippen molar-refractivity contribution in [3.63, 3.8) is 0 Å². The summed E-state index contributed by atoms with van der Waals surface area (Å²) in [7, 11) is 0. The largest absolute Gasteiger partial charge is 0.384 e. The van der Waals surface area contributed by atoms with E-state index >= 15 is 0 Å². The molecule has 72 valence electrons. The predicted octanol–water partition coefficient (Wildman–Crippen LogP) is 3.02. The van der Waals surface area contributed by atoms with Crippen molar-refractivity contribution in [1.29, 1.82) is 0 Å². The Balaban J connectivity index is 1.95. The van der Waals surface area contributed by atoms with Crippen molar-refractivity contribution >= 4 is 28.9 Å². The van der Waals surface area contributed by atoms with E-state index in [0.29, 0.717) is 5.82 Å². The zero-order chi connectivity index (χ0) is 9.80. The van der Waals surface area contributed by atoms with E-state index in [9.17, 15) is 0 Å². The van der Waals surface area contributed by atoms with Crippen molar-refractivity contribution in [3.05, 3.63) is 41.4 Å². The lowest BCUT2D eigenvalue weighted by Crippen LogP contribution is -1.89. The number of nitrogens with zero attached hydrogens (tertiary/aromatic N) is 1. The van der Waals surface area contributed by atoms with Crippen LogP contribution in [0.1, 0.15) is 5.56 Å². The van der Waals surface area contributed by atoms with Crippen LogP contribution in [0.25, 0.3) is 0 Å². The highest BCUT2D eigenvalue weighted by Crippen LogP contribution is 2.26. The first kappa shape index (κ1) is 9.55. The van der Waals surface area contributed by atoms with E-state index in [1.807, 2.05) is 30.1 Å². The van der Waals surface area contributed by atoms with Gasteiger partial charge in [-0.1, -0.05) is 12.1 Å². The third-order valence-electron chi connectivity index (χ3n) is 1.72. The number of hydrogen-bond acceptors (Lipinski definition) is 4. The van der Waals surface area contributed by atoms with Gasteiger partial charge in [0.25, 0.3) is 0 Å². The van der Waals surface area contributed by atoms with Crippen LogP contribution in [0.4, 0.5) is 5.82 Å². The van der Waals surface area contributed by atoms with Gasteiger partial charge >= 0.3 is 0 Å². The summed E-state index contributed by atoms with van der Waals surface area (Å²) in [5, 5.41) is 2.09. The molecule has 0 atom stereocenters. The Morgan fingerprint density at radius 1 is 1.36 bits per heavy atom. The molecule has 0 aromatic carbocycles. The minimum atomic E-state index is 0.579. The molecule has 0 aliphatic carbocycles. The summed E-state index contributed by atoms with van der Waals surface area (Å²) in [6.45, 7) is 0. The van der Waals surface area contributed by atoms with Gasteiger partial charge in [-0.25, -0.2) is 4.98 Å². The second kappa shape index (κ2) is 4.48. The first-order valence-corrected chi connectivity index (χ1v) is 6.08. The number of rotatable bonds is 3. The van der Waals surface area contributed by atoms with Gasteiger partial charge in [-0.05, 0) is 23.1 Å². The monoisotopic (exact) mass is 222 g/mol. The van der Waals surface area contributed by atoms with E-state index in [1.54, 1.807) is 11.3 Å². The topological polar surface area (TPSA) is 38.9 Å². The van der Waals surface area contributed by atoms with Gasteiger partial charge in [0.05, 0.1) is 4.21 Å². The fraction of sp³-hybridized carbons (Fsp3) is 0.100. The second-order valence-electron chi connectivity index (χ2n) is 2.81. The summed E-state index contributed by atoms with van der Waals surface area (Å²) >= 11 is 3.59. The summed E-state index contributed by atoms with van der Waals surface area (Å²) in [4.78, 5) is 4.05. The van der Waals surface area contributed by atoms with Gasteiger partial charge in [-0.2, -0.15) is 0 Å². The number of aromatic nitrogens is 1. The molecule has 2 aromatic heterocycles. The minimum Gasteiger partial charge on any atom is -0.384 e. The van der Waals surface area contributed by atoms with Gasteiger partial charge in [0.15, 0.2) is 0 Å². The van der Waals surface area contributed by atoms with Gasteiger partial charge in [0, 0.05) is 11.9 Å². The molecule has 2 nitrogen and oxygen atoms in total. The Hall–Kier alpha value is -1.00. The van der Waals surface area contributed by atoms with Crippen molar-refractivity contribution in [2.24, 2.45) is 0 Å². The molecule has 0 saturated heterocycles. The molecule has 0 aliphatic rings. The van der Waals surface area contributed by atoms with E-state index < -0.39 is 0 Å². The van der Waals surface area contributed by atoms with Crippen molar-refractivity contribution in [3.8, 4) is 0 Å². The Morgan fingerprint density at radius 2 is 2.29 bits per heavy atom. The Morgan fingerprint density at radius 3 is 2.93 bits per heavy atom. The van der Waals surface area contributed by atoms with E-state index in [1.165, 1.54) is 9.77 Å². The summed E-state index contributed by atoms with van der Waals surface area (Å²) in [6.07, 6.45) is 1.83. The highest BCUT2D eigenvalue weighted by atomic mass is 32.2. The number of pyridine rings is 1. The average Bonchev–Trinajstić information content (AvgIpc) is 2.70. The fourth-order valence-electron chi connectivity index (χ4n) is 1.02. The molecule has 2 N–H and O–H groups in total. The predicted molar refractivity (Wildman–Crippen MR) is 62.5 cm³/mol. The molecule has 4 heteroatoms. The molecule has 0 fully saturated rings. The van der Waals surface area contributed by atoms with E-state index in [2.05, 4.69) is 22.5 Å². The van der Waals surface area contributed by atoms with Crippen LogP contribution in [0.2, 0.25) is 0 Å². The summed E-state index contributed by atoms with van der Waals surface area (Å²) in [5.41, 5.74) is 6.71. The summed E-state index contributed by atoms with van der Waals surface area (Å²) in [6, 6.07) is 8.04. The van der Waals surface area contributed by atoms with Crippen LogP contribution in [0, 0.1) is 0 Å². The minimum absolute atomic E-state index is 0.579. The van der Waals surface area contributed by atoms with Crippen LogP contribution in [-0.2, 0) is 5.75 Å². The SMILES string of the molecule is Nc1ccc(CSc2cccs2)cn1. The van der Waals surface area contributed by atoms with Gasteiger partial charge < -0.3 is 5.73 Å². The van der Waals surface area contributed by atoms with Crippen molar-refractivity contribution in [1.82, 2.24) is 4.98 Å². The lowest BCUT2D eigenvalue weighted by Gasteiger charge is -1.99. The first-order chi connectivity index (χ1) is 6.84. The molecular weight excluding hydrogens is 212 g/mol. The maximum Gasteiger partial charge on any atom is 0.123 e. The zero-order valence-electron chi connectivity index (χ0n) is 7.51. The van der Waals surface area contributed by atoms with Crippen LogP contribution < -0.4 is 5.73 Å². The molecule has 2 heterocycles. The highest BCUT2D eigenvalue weighted by Gasteiger charge is 1.97. The van der Waals surface area contributed by atoms with Gasteiger partial charge in [-0.15, -0.1) is 23.1 Å². The van der Waals surface area contributed by atoms with E-state index in [-0.39, 0.29) is 0 Å². The van der Waals surface area contributed by atoms with Crippen LogP contribution in [0.15, 0.2) is 40.1 Å². The van der Waals surface area contributed by atoms with Crippen LogP contribution in [0.3, 0.4) is 0 Å². The second-order valence-corrected chi connectivity index (χ2v) is 5.04. The van der Waals surface area contributed by atoms with E-state index in [4.69, 9.17) is 5.73 Å². The Bertz CT molecular complexity index is 381. The third-order valence-corrected chi connectivity index (χ3v) is 3.93. The Kier molecular flexibility index (Phi) is 3.06. The lowest BCUT2D eigenvalue weighted by atomic mass is 10.3. The molecule has 0 radical (unpaired) electrons. The molecule has 0 saturated carbocycles. The normalized spacial score (nSPS) is 10.3. The van der Waals surface area contributed by atoms with Crippen molar-refractivity contribution in [2.45, 2.75) is 9.96 Å². The summed E-state index contributed by atoms with van der Waals surface area (Å²) < 4.78 is 1.34. The molecule has 2 rings (SSSR count). The molecule has 0 spiro atoms. The average molecular weight is 222 g/mol. The maximum absolute atomic E-state index is 5.50. The lowest BCUT2D eigenvalue weighted by molar-refractivity contribution is 1.26. The zero-order valence-corrected chi connectivity index (χ0v) is 9.15. The molecular formula is C10H10N2S2. The molecule has 0 bridgehead atoms. The van der Waals surface area contributed by atoms with Crippen LogP contribution >= 0.6 is 23.1 Å². The van der Waals surface area contributed by atoms with Gasteiger partial charge in [-0.3, -0.25) is 0 Å². The van der Waals surface area contributed by atoms with Crippen LogP contribution in [-0.4, -0.2) is 4.98 Å². The summed E-state index contributed by atoms with van der Waals surface area (Å²) in [5.74, 6) is 1.53. The van der Waals surface area contributed by atoms with Crippen molar-refractivity contribution < 1.29 is 0 Å². The number of nitrogen functional groups attached to an aromatic ring is 1. The standard InChI is InChI=1S/C10H10N2S2/c11-9-4-3-8(6-12-9)7-14-10-2-1-5-13-10/h1-6H,7H2,(H2,11,12). The number of hydrogen-bond donors (Lipinski definition) is 1. The van der Waals surface area contributed by atoms with Gasteiger partial charge in [0.1, 0.15) is 5.82 Å². The Labute approximate surface area is 91.2 Å². The van der Waals surface area contributed by atoms with Crippen LogP contribution in [0.5, 0.6) is 0 Å². The highest BCUT2D eigenvalue weighted by molar-refractivity contribution is 8.00. The smallest absolute Gasteiger partial charge is 0.123 e. The van der Waals surface area contributed by atoms with E-state index in [0.717, 1.165) is 5.75 Å². The number of nitrogens with two attached hydrogens (primary N) is 1. The first-order valence-electron chi connectivity index (χ1n) is 4.21. The number of thiophene rings is 1. The molecule has 0 amide bonds. The molecule has 0 aliphatic heterocycles. The number of anilines is 1. The molecule has 14 heavy (non-hydrogen) atoms. The molecule has 2 aromatic rings. The van der Waals surface area contributed by atoms with Gasteiger partial charge in [0.2, 0.25) is 0 Å². The quantitative estimate of drug-likeness (QED) is 0.811. The third kappa shape index (κ3) is 2.49.